The number of carbonyl (C=O) groups excluding carboxylic acids is 5. The summed E-state index contributed by atoms with van der Waals surface area (Å²) in [7, 11) is 0. The van der Waals surface area contributed by atoms with E-state index in [-0.39, 0.29) is 60.8 Å². The predicted octanol–water partition coefficient (Wildman–Crippen LogP) is 5.69. The summed E-state index contributed by atoms with van der Waals surface area (Å²) < 4.78 is 40.3. The van der Waals surface area contributed by atoms with Gasteiger partial charge in [-0.3, -0.25) is 44.0 Å². The molecule has 62 heavy (non-hydrogen) atoms. The third-order valence-corrected chi connectivity index (χ3v) is 10.3. The minimum atomic E-state index is -1.03. The molecule has 1 fully saturated rings. The number of carbonyl (C=O) groups is 5. The molecular weight excluding hydrogens is 826 g/mol. The smallest absolute Gasteiger partial charge is 0.262 e. The van der Waals surface area contributed by atoms with Crippen LogP contribution in [-0.2, 0) is 23.8 Å². The van der Waals surface area contributed by atoms with Crippen molar-refractivity contribution in [1.29, 1.82) is 0 Å². The van der Waals surface area contributed by atoms with E-state index in [0.717, 1.165) is 4.90 Å². The average molecular weight is 868 g/mol. The molecule has 4 heterocycles. The lowest BCUT2D eigenvalue weighted by Crippen LogP contribution is -2.54. The van der Waals surface area contributed by atoms with Crippen LogP contribution in [0.2, 0.25) is 5.02 Å². The van der Waals surface area contributed by atoms with E-state index in [1.807, 2.05) is 6.92 Å². The number of halogens is 1. The first-order valence-corrected chi connectivity index (χ1v) is 20.3. The molecule has 5 aromatic rings. The molecule has 2 aliphatic rings. The molecule has 0 aliphatic carbocycles. The highest BCUT2D eigenvalue weighted by Gasteiger charge is 2.44. The number of imide groups is 2. The lowest BCUT2D eigenvalue weighted by molar-refractivity contribution is -0.136. The lowest BCUT2D eigenvalue weighted by atomic mass is 10.0. The van der Waals surface area contributed by atoms with Gasteiger partial charge in [0.25, 0.3) is 11.8 Å². The quantitative estimate of drug-likeness (QED) is 0.0569. The second-order valence-electron chi connectivity index (χ2n) is 14.1. The largest absolute Gasteiger partial charge is 0.493 e. The zero-order valence-electron chi connectivity index (χ0n) is 33.9. The molecule has 0 bridgehead atoms. The number of pyridine rings is 1. The number of piperidine rings is 1. The van der Waals surface area contributed by atoms with Crippen molar-refractivity contribution in [3.8, 4) is 39.7 Å². The molecule has 322 valence electrons. The summed E-state index contributed by atoms with van der Waals surface area (Å²) in [5.74, 6) is -0.804. The Hall–Kier alpha value is -6.46. The van der Waals surface area contributed by atoms with Crippen LogP contribution in [0.5, 0.6) is 17.2 Å². The van der Waals surface area contributed by atoms with Gasteiger partial charge in [0.2, 0.25) is 11.8 Å². The Morgan fingerprint density at radius 1 is 0.758 bits per heavy atom. The number of fused-ring (bicyclic) bond motifs is 2. The van der Waals surface area contributed by atoms with Crippen molar-refractivity contribution in [1.82, 2.24) is 15.2 Å². The van der Waals surface area contributed by atoms with Gasteiger partial charge in [-0.15, -0.1) is 0 Å². The Balaban J connectivity index is 0.794. The highest BCUT2D eigenvalue weighted by Crippen LogP contribution is 2.37. The zero-order chi connectivity index (χ0) is 43.8. The number of benzene rings is 3. The van der Waals surface area contributed by atoms with E-state index in [4.69, 9.17) is 44.4 Å². The summed E-state index contributed by atoms with van der Waals surface area (Å²) in [5.41, 5.74) is 2.52. The van der Waals surface area contributed by atoms with Crippen LogP contribution in [0.3, 0.4) is 0 Å². The molecule has 1 saturated heterocycles. The molecule has 0 saturated carbocycles. The second kappa shape index (κ2) is 19.9. The Bertz CT molecular complexity index is 2590. The average Bonchev–Trinajstić information content (AvgIpc) is 3.50. The zero-order valence-corrected chi connectivity index (χ0v) is 34.6. The maximum Gasteiger partial charge on any atom is 0.262 e. The molecule has 3 aromatic carbocycles. The fraction of sp³-hybridized carbons (Fsp3) is 0.311. The van der Waals surface area contributed by atoms with Gasteiger partial charge in [-0.1, -0.05) is 11.6 Å². The van der Waals surface area contributed by atoms with E-state index < -0.39 is 29.7 Å². The summed E-state index contributed by atoms with van der Waals surface area (Å²) in [5, 5.41) is 2.82. The Morgan fingerprint density at radius 3 is 2.05 bits per heavy atom. The predicted molar refractivity (Wildman–Crippen MR) is 224 cm³/mol. The summed E-state index contributed by atoms with van der Waals surface area (Å²) in [6, 6.07) is 15.0. The molecule has 4 amide bonds. The molecule has 0 spiro atoms. The number of aromatic nitrogens is 1. The maximum atomic E-state index is 13.4. The third kappa shape index (κ3) is 10.0. The van der Waals surface area contributed by atoms with Crippen LogP contribution < -0.4 is 25.0 Å². The summed E-state index contributed by atoms with van der Waals surface area (Å²) >= 11 is 6.63. The van der Waals surface area contributed by atoms with Crippen LogP contribution in [0.25, 0.3) is 33.4 Å². The summed E-state index contributed by atoms with van der Waals surface area (Å²) in [4.78, 5) is 80.0. The van der Waals surface area contributed by atoms with Crippen LogP contribution in [0.4, 0.5) is 0 Å². The Labute approximate surface area is 359 Å². The van der Waals surface area contributed by atoms with Gasteiger partial charge in [-0.2, -0.15) is 0 Å². The molecule has 2 aromatic heterocycles. The first-order chi connectivity index (χ1) is 30.0. The number of amides is 4. The molecule has 1 N–H and O–H groups in total. The van der Waals surface area contributed by atoms with Gasteiger partial charge in [-0.25, -0.2) is 0 Å². The molecular formula is C45H42ClN3O13. The first kappa shape index (κ1) is 43.6. The van der Waals surface area contributed by atoms with Crippen LogP contribution in [0.15, 0.2) is 82.3 Å². The van der Waals surface area contributed by atoms with E-state index in [0.29, 0.717) is 95.1 Å². The minimum Gasteiger partial charge on any atom is -0.493 e. The van der Waals surface area contributed by atoms with Crippen LogP contribution in [0.1, 0.15) is 57.8 Å². The van der Waals surface area contributed by atoms with E-state index in [9.17, 15) is 28.8 Å². The lowest BCUT2D eigenvalue weighted by Gasteiger charge is -2.27. The van der Waals surface area contributed by atoms with Crippen molar-refractivity contribution in [3.05, 3.63) is 105 Å². The van der Waals surface area contributed by atoms with E-state index in [2.05, 4.69) is 10.3 Å². The van der Waals surface area contributed by atoms with Crippen molar-refractivity contribution in [2.75, 3.05) is 59.5 Å². The second-order valence-corrected chi connectivity index (χ2v) is 14.5. The van der Waals surface area contributed by atoms with Crippen molar-refractivity contribution in [2.24, 2.45) is 0 Å². The Kier molecular flexibility index (Phi) is 14.0. The first-order valence-electron chi connectivity index (χ1n) is 19.9. The Morgan fingerprint density at radius 2 is 1.40 bits per heavy atom. The molecule has 17 heteroatoms. The van der Waals surface area contributed by atoms with E-state index >= 15 is 0 Å². The van der Waals surface area contributed by atoms with Crippen molar-refractivity contribution < 1.29 is 56.8 Å². The van der Waals surface area contributed by atoms with Crippen LogP contribution in [0, 0.1) is 0 Å². The number of hydrogen-bond acceptors (Lipinski definition) is 14. The summed E-state index contributed by atoms with van der Waals surface area (Å²) in [6.07, 6.45) is 3.23. The van der Waals surface area contributed by atoms with Crippen molar-refractivity contribution >= 4 is 52.0 Å². The van der Waals surface area contributed by atoms with Gasteiger partial charge in [-0.05, 0) is 68.8 Å². The SMILES string of the molecule is CCOc1cc2oc(-c3ccc(OCCOCCOCCOCCOc4ccc5c(c4)C(=O)N(C4CCC(=O)NC4=O)C5=O)cc3Cl)cc(=O)c2cc1-c1cncc(C(C)=O)c1. The van der Waals surface area contributed by atoms with Gasteiger partial charge < -0.3 is 32.8 Å². The normalized spacial score (nSPS) is 14.9. The number of Topliss-reactive ketones (excluding diaryl/α,β-unsaturated/α-hetero) is 1. The monoisotopic (exact) mass is 867 g/mol. The van der Waals surface area contributed by atoms with Gasteiger partial charge in [0, 0.05) is 53.2 Å². The number of nitrogens with zero attached hydrogens (tertiary/aromatic N) is 2. The topological polar surface area (TPSA) is 199 Å². The molecule has 0 radical (unpaired) electrons. The fourth-order valence-corrected chi connectivity index (χ4v) is 7.16. The number of rotatable bonds is 20. The molecule has 1 atom stereocenters. The fourth-order valence-electron chi connectivity index (χ4n) is 6.90. The van der Waals surface area contributed by atoms with E-state index in [1.54, 1.807) is 48.7 Å². The highest BCUT2D eigenvalue weighted by atomic mass is 35.5. The van der Waals surface area contributed by atoms with Crippen LogP contribution >= 0.6 is 11.6 Å². The number of hydrogen-bond donors (Lipinski definition) is 1. The molecule has 7 rings (SSSR count). The summed E-state index contributed by atoms with van der Waals surface area (Å²) in [6.45, 7) is 5.98. The van der Waals surface area contributed by atoms with Gasteiger partial charge in [0.05, 0.1) is 67.8 Å². The van der Waals surface area contributed by atoms with Crippen LogP contribution in [-0.4, -0.2) is 105 Å². The molecule has 16 nitrogen and oxygen atoms in total. The maximum absolute atomic E-state index is 13.4. The number of ether oxygens (including phenoxy) is 6. The molecule has 2 aliphatic heterocycles. The number of ketones is 1. The van der Waals surface area contributed by atoms with Crippen molar-refractivity contribution in [3.63, 3.8) is 0 Å². The standard InChI is InChI=1S/C45H42ClN3O13/c1-3-59-39-23-41-35(21-33(39)28-18-27(26(2)50)24-47-25-28)38(51)22-40(62-41)32-7-5-30(20-36(32)46)61-17-15-58-13-11-56-10-12-57-14-16-60-29-4-6-31-34(19-29)45(55)49(44(31)54)37-8-9-42(52)48-43(37)53/h4-7,18-25,37H,3,8-17H2,1-2H3,(H,48,52,53). The third-order valence-electron chi connectivity index (χ3n) is 9.94. The minimum absolute atomic E-state index is 0.0454. The van der Waals surface area contributed by atoms with Gasteiger partial charge in [0.1, 0.15) is 47.8 Å². The van der Waals surface area contributed by atoms with Gasteiger partial charge >= 0.3 is 0 Å². The van der Waals surface area contributed by atoms with E-state index in [1.165, 1.54) is 31.3 Å². The molecule has 1 unspecified atom stereocenters. The van der Waals surface area contributed by atoms with Gasteiger partial charge in [0.15, 0.2) is 11.2 Å². The number of nitrogens with one attached hydrogen (secondary N) is 1. The van der Waals surface area contributed by atoms with Crippen molar-refractivity contribution in [2.45, 2.75) is 32.7 Å². The highest BCUT2D eigenvalue weighted by molar-refractivity contribution is 6.33.